The molecular weight excluding hydrogens is 477 g/mol. The molecule has 0 unspecified atom stereocenters. The summed E-state index contributed by atoms with van der Waals surface area (Å²) in [5.74, 6) is 0. The molecule has 0 bridgehead atoms. The fourth-order valence-electron chi connectivity index (χ4n) is 3.28. The molecule has 0 aliphatic rings. The summed E-state index contributed by atoms with van der Waals surface area (Å²) < 4.78 is 0. The van der Waals surface area contributed by atoms with Crippen LogP contribution in [0.5, 0.6) is 0 Å². The van der Waals surface area contributed by atoms with E-state index in [1.54, 1.807) is 0 Å². The zero-order valence-corrected chi connectivity index (χ0v) is 19.5. The molecule has 1 radical (unpaired) electrons. The van der Waals surface area contributed by atoms with Crippen molar-refractivity contribution in [2.24, 2.45) is 0 Å². The van der Waals surface area contributed by atoms with Gasteiger partial charge in [-0.1, -0.05) is 140 Å². The van der Waals surface area contributed by atoms with Crippen LogP contribution in [0.2, 0.25) is 0 Å². The van der Waals surface area contributed by atoms with E-state index in [1.165, 1.54) is 21.2 Å². The van der Waals surface area contributed by atoms with E-state index in [1.807, 2.05) is 0 Å². The van der Waals surface area contributed by atoms with Crippen LogP contribution in [0.4, 0.5) is 0 Å². The zero-order valence-electron chi connectivity index (χ0n) is 16.1. The van der Waals surface area contributed by atoms with E-state index in [2.05, 4.69) is 127 Å². The number of rotatable bonds is 7. The van der Waals surface area contributed by atoms with Gasteiger partial charge in [0.25, 0.3) is 0 Å². The molecule has 0 N–H and O–H groups in total. The van der Waals surface area contributed by atoms with Gasteiger partial charge in [0, 0.05) is 19.5 Å². The molecular formula is C26H23P2Rh-. The molecule has 0 saturated carbocycles. The quantitative estimate of drug-likeness (QED) is 0.181. The van der Waals surface area contributed by atoms with Gasteiger partial charge in [0.2, 0.25) is 0 Å². The van der Waals surface area contributed by atoms with Gasteiger partial charge in [-0.3, -0.25) is 6.16 Å². The first-order chi connectivity index (χ1) is 13.9. The molecule has 0 aromatic heterocycles. The Balaban J connectivity index is 0.00000240. The van der Waals surface area contributed by atoms with Crippen LogP contribution in [0.15, 0.2) is 121 Å². The Morgan fingerprint density at radius 1 is 0.448 bits per heavy atom. The molecule has 0 aliphatic heterocycles. The van der Waals surface area contributed by atoms with Gasteiger partial charge >= 0.3 is 0 Å². The SMILES string of the molecule is [Rh].c1ccc(P([CH-]CP(c2ccccc2)c2ccccc2)c2ccccc2)cc1. The van der Waals surface area contributed by atoms with Gasteiger partial charge < -0.3 is 0 Å². The second kappa shape index (κ2) is 11.5. The predicted molar refractivity (Wildman–Crippen MR) is 127 cm³/mol. The Morgan fingerprint density at radius 2 is 0.759 bits per heavy atom. The third-order valence-corrected chi connectivity index (χ3v) is 9.59. The van der Waals surface area contributed by atoms with Crippen LogP contribution in [-0.4, -0.2) is 6.16 Å². The Bertz CT molecular complexity index is 798. The predicted octanol–water partition coefficient (Wildman–Crippen LogP) is 5.41. The summed E-state index contributed by atoms with van der Waals surface area (Å²) in [4.78, 5) is 0. The first kappa shape index (κ1) is 22.1. The van der Waals surface area contributed by atoms with E-state index >= 15 is 0 Å². The van der Waals surface area contributed by atoms with Crippen molar-refractivity contribution in [2.75, 3.05) is 6.16 Å². The average Bonchev–Trinajstić information content (AvgIpc) is 2.79. The molecule has 0 aliphatic carbocycles. The Morgan fingerprint density at radius 3 is 1.10 bits per heavy atom. The molecule has 3 heteroatoms. The van der Waals surface area contributed by atoms with Crippen LogP contribution < -0.4 is 21.2 Å². The van der Waals surface area contributed by atoms with Crippen LogP contribution in [0, 0.1) is 6.16 Å². The fraction of sp³-hybridized carbons (Fsp3) is 0.0385. The molecule has 0 atom stereocenters. The van der Waals surface area contributed by atoms with E-state index in [4.69, 9.17) is 0 Å². The summed E-state index contributed by atoms with van der Waals surface area (Å²) in [6, 6.07) is 43.8. The Hall–Kier alpha value is -1.64. The van der Waals surface area contributed by atoms with Crippen molar-refractivity contribution in [2.45, 2.75) is 0 Å². The van der Waals surface area contributed by atoms with Gasteiger partial charge in [0.05, 0.1) is 0 Å². The molecule has 29 heavy (non-hydrogen) atoms. The van der Waals surface area contributed by atoms with Crippen LogP contribution in [-0.2, 0) is 19.5 Å². The van der Waals surface area contributed by atoms with Crippen molar-refractivity contribution in [3.8, 4) is 0 Å². The van der Waals surface area contributed by atoms with Crippen LogP contribution in [0.1, 0.15) is 0 Å². The van der Waals surface area contributed by atoms with Crippen molar-refractivity contribution in [3.63, 3.8) is 0 Å². The Labute approximate surface area is 189 Å². The first-order valence-electron chi connectivity index (χ1n) is 9.52. The largest absolute Gasteiger partial charge is 0.289 e. The molecule has 4 rings (SSSR count). The summed E-state index contributed by atoms with van der Waals surface area (Å²) in [5.41, 5.74) is 0. The third kappa shape index (κ3) is 5.93. The van der Waals surface area contributed by atoms with Crippen LogP contribution >= 0.6 is 15.8 Å². The van der Waals surface area contributed by atoms with E-state index < -0.39 is 15.8 Å². The number of hydrogen-bond donors (Lipinski definition) is 0. The van der Waals surface area contributed by atoms with Crippen molar-refractivity contribution < 1.29 is 19.5 Å². The van der Waals surface area contributed by atoms with E-state index in [-0.39, 0.29) is 19.5 Å². The monoisotopic (exact) mass is 500 g/mol. The molecule has 4 aromatic carbocycles. The smallest absolute Gasteiger partial charge is 0 e. The van der Waals surface area contributed by atoms with Gasteiger partial charge in [-0.15, -0.1) is 6.16 Å². The number of benzene rings is 4. The van der Waals surface area contributed by atoms with Gasteiger partial charge in [0.1, 0.15) is 0 Å². The van der Waals surface area contributed by atoms with Crippen molar-refractivity contribution in [3.05, 3.63) is 127 Å². The third-order valence-electron chi connectivity index (χ3n) is 4.65. The average molecular weight is 500 g/mol. The van der Waals surface area contributed by atoms with E-state index in [9.17, 15) is 0 Å². The fourth-order valence-corrected chi connectivity index (χ4v) is 8.07. The topological polar surface area (TPSA) is 0 Å². The molecule has 0 heterocycles. The molecule has 147 valence electrons. The molecule has 4 aromatic rings. The molecule has 0 fully saturated rings. The van der Waals surface area contributed by atoms with E-state index in [0.717, 1.165) is 6.16 Å². The second-order valence-corrected chi connectivity index (χ2v) is 10.9. The van der Waals surface area contributed by atoms with Crippen molar-refractivity contribution in [1.29, 1.82) is 0 Å². The summed E-state index contributed by atoms with van der Waals surface area (Å²) in [6.45, 7) is 0. The molecule has 0 saturated heterocycles. The normalized spacial score (nSPS) is 10.7. The van der Waals surface area contributed by atoms with Gasteiger partial charge in [-0.2, -0.15) is 0 Å². The van der Waals surface area contributed by atoms with Crippen molar-refractivity contribution in [1.82, 2.24) is 0 Å². The van der Waals surface area contributed by atoms with E-state index in [0.29, 0.717) is 0 Å². The van der Waals surface area contributed by atoms with Gasteiger partial charge in [0.15, 0.2) is 0 Å². The summed E-state index contributed by atoms with van der Waals surface area (Å²) >= 11 is 0. The van der Waals surface area contributed by atoms with Gasteiger partial charge in [-0.05, 0) is 10.6 Å². The molecule has 0 spiro atoms. The maximum absolute atomic E-state index is 2.58. The van der Waals surface area contributed by atoms with Gasteiger partial charge in [-0.25, -0.2) is 7.92 Å². The minimum absolute atomic E-state index is 0. The standard InChI is InChI=1S/C26H23P2.Rh/c1-5-13-23(14-6-1)27(24-15-7-2-8-16-24)21-22-28(25-17-9-3-10-18-25)26-19-11-4-12-20-26;/h1-21H,22H2;/q-1;. The summed E-state index contributed by atoms with van der Waals surface area (Å²) in [7, 11) is -0.876. The zero-order chi connectivity index (χ0) is 19.0. The van der Waals surface area contributed by atoms with Crippen molar-refractivity contribution >= 4 is 37.1 Å². The first-order valence-corrected chi connectivity index (χ1v) is 12.5. The minimum atomic E-state index is -0.473. The summed E-state index contributed by atoms with van der Waals surface area (Å²) in [5, 5.41) is 5.71. The van der Waals surface area contributed by atoms with Crippen LogP contribution in [0.25, 0.3) is 0 Å². The Kier molecular flexibility index (Phi) is 8.76. The van der Waals surface area contributed by atoms with Crippen LogP contribution in [0.3, 0.4) is 0 Å². The number of hydrogen-bond acceptors (Lipinski definition) is 0. The molecule has 0 nitrogen and oxygen atoms in total. The maximum atomic E-state index is 2.58. The maximum Gasteiger partial charge on any atom is 0 e. The minimum Gasteiger partial charge on any atom is -0.289 e. The summed E-state index contributed by atoms with van der Waals surface area (Å²) in [6.07, 6.45) is 3.66. The second-order valence-electron chi connectivity index (χ2n) is 6.51. The molecule has 0 amide bonds.